The van der Waals surface area contributed by atoms with Crippen LogP contribution in [0.3, 0.4) is 0 Å². The zero-order chi connectivity index (χ0) is 25.0. The lowest BCUT2D eigenvalue weighted by Crippen LogP contribution is -2.48. The smallest absolute Gasteiger partial charge is 0.254 e. The number of amides is 2. The van der Waals surface area contributed by atoms with E-state index in [-0.39, 0.29) is 29.4 Å². The molecule has 3 N–H and O–H groups in total. The van der Waals surface area contributed by atoms with Gasteiger partial charge in [-0.15, -0.1) is 0 Å². The minimum Gasteiger partial charge on any atom is -0.384 e. The highest BCUT2D eigenvalue weighted by Crippen LogP contribution is 2.54. The van der Waals surface area contributed by atoms with Gasteiger partial charge in [-0.2, -0.15) is 5.26 Å². The summed E-state index contributed by atoms with van der Waals surface area (Å²) in [4.78, 5) is 31.4. The van der Waals surface area contributed by atoms with E-state index < -0.39 is 11.3 Å². The summed E-state index contributed by atoms with van der Waals surface area (Å²) in [7, 11) is 0. The number of carbonyl (C=O) groups excluding carboxylic acids is 2. The van der Waals surface area contributed by atoms with Crippen molar-refractivity contribution in [2.75, 3.05) is 16.8 Å². The second-order valence-electron chi connectivity index (χ2n) is 9.26. The van der Waals surface area contributed by atoms with Crippen LogP contribution in [0.25, 0.3) is 0 Å². The summed E-state index contributed by atoms with van der Waals surface area (Å²) < 4.78 is 0. The molecule has 3 aromatic rings. The van der Waals surface area contributed by atoms with E-state index in [0.29, 0.717) is 23.5 Å². The minimum atomic E-state index is -1.60. The van der Waals surface area contributed by atoms with Crippen LogP contribution in [0.1, 0.15) is 16.7 Å². The maximum atomic E-state index is 14.1. The molecular weight excluding hydrogens is 450 g/mol. The highest BCUT2D eigenvalue weighted by molar-refractivity contribution is 6.20. The van der Waals surface area contributed by atoms with Crippen LogP contribution in [-0.2, 0) is 21.5 Å². The summed E-state index contributed by atoms with van der Waals surface area (Å²) in [5.74, 6) is -0.562. The van der Waals surface area contributed by atoms with Gasteiger partial charge in [-0.3, -0.25) is 14.5 Å². The maximum Gasteiger partial charge on any atom is 0.254 e. The zero-order valence-electron chi connectivity index (χ0n) is 19.7. The number of aryl methyl sites for hydroxylation is 1. The second-order valence-corrected chi connectivity index (χ2v) is 9.26. The molecule has 2 amide bonds. The topological polar surface area (TPSA) is 102 Å². The monoisotopic (exact) mass is 473 g/mol. The van der Waals surface area contributed by atoms with Gasteiger partial charge in [-0.05, 0) is 30.7 Å². The first-order chi connectivity index (χ1) is 17.5. The molecule has 0 saturated carbocycles. The summed E-state index contributed by atoms with van der Waals surface area (Å²) >= 11 is 0. The first kappa shape index (κ1) is 21.7. The fourth-order valence-corrected chi connectivity index (χ4v) is 5.56. The number of rotatable bonds is 3. The number of anilines is 2. The molecule has 0 bridgehead atoms. The highest BCUT2D eigenvalue weighted by Gasteiger charge is 2.62. The Balaban J connectivity index is 1.60. The molecule has 176 valence electrons. The number of nitrogens with zero attached hydrogens (tertiary/aromatic N) is 3. The number of carbonyl (C=O) groups is 2. The lowest BCUT2D eigenvalue weighted by Gasteiger charge is -2.38. The quantitative estimate of drug-likeness (QED) is 0.604. The van der Waals surface area contributed by atoms with Gasteiger partial charge < -0.3 is 16.0 Å². The molecule has 7 nitrogen and oxygen atoms in total. The normalized spacial score (nSPS) is 20.6. The summed E-state index contributed by atoms with van der Waals surface area (Å²) in [5, 5.41) is 13.3. The molecule has 3 aliphatic heterocycles. The zero-order valence-corrected chi connectivity index (χ0v) is 19.7. The average Bonchev–Trinajstić information content (AvgIpc) is 3.35. The average molecular weight is 474 g/mol. The third-order valence-corrected chi connectivity index (χ3v) is 7.19. The van der Waals surface area contributed by atoms with Crippen LogP contribution < -0.4 is 16.0 Å². The Morgan fingerprint density at radius 1 is 1.00 bits per heavy atom. The van der Waals surface area contributed by atoms with Crippen LogP contribution in [0.2, 0.25) is 0 Å². The number of nitrogens with two attached hydrogens (primary N) is 1. The number of fused-ring (bicyclic) bond motifs is 3. The largest absolute Gasteiger partial charge is 0.384 e. The maximum absolute atomic E-state index is 14.1. The van der Waals surface area contributed by atoms with Crippen molar-refractivity contribution < 1.29 is 9.59 Å². The third-order valence-electron chi connectivity index (χ3n) is 7.19. The number of hydrogen-bond donors (Lipinski definition) is 2. The van der Waals surface area contributed by atoms with E-state index in [1.54, 1.807) is 28.0 Å². The molecule has 7 heteroatoms. The molecule has 0 radical (unpaired) electrons. The summed E-state index contributed by atoms with van der Waals surface area (Å²) in [5.41, 5.74) is 9.99. The van der Waals surface area contributed by atoms with Crippen molar-refractivity contribution in [3.63, 3.8) is 0 Å². The van der Waals surface area contributed by atoms with Crippen molar-refractivity contribution in [3.8, 4) is 6.07 Å². The van der Waals surface area contributed by atoms with Crippen molar-refractivity contribution in [2.45, 2.75) is 18.9 Å². The van der Waals surface area contributed by atoms with E-state index in [1.165, 1.54) is 0 Å². The lowest BCUT2D eigenvalue weighted by molar-refractivity contribution is -0.128. The molecule has 1 unspecified atom stereocenters. The van der Waals surface area contributed by atoms with Gasteiger partial charge in [0.2, 0.25) is 5.91 Å². The van der Waals surface area contributed by atoms with Gasteiger partial charge in [0.15, 0.2) is 0 Å². The Labute approximate surface area is 208 Å². The summed E-state index contributed by atoms with van der Waals surface area (Å²) in [6, 6.07) is 26.8. The van der Waals surface area contributed by atoms with Gasteiger partial charge in [-0.25, -0.2) is 0 Å². The molecule has 36 heavy (non-hydrogen) atoms. The van der Waals surface area contributed by atoms with E-state index in [9.17, 15) is 14.9 Å². The van der Waals surface area contributed by atoms with Gasteiger partial charge in [0.25, 0.3) is 5.91 Å². The molecule has 0 saturated heterocycles. The number of nitriles is 1. The lowest BCUT2D eigenvalue weighted by atomic mass is 9.67. The molecule has 6 rings (SSSR count). The standard InChI is InChI=1S/C29H23N5O2/c1-18-11-13-20(14-12-18)34-24-17-33(16-19-7-3-2-4-8-19)27(35)25(24)29(22(15-30)26(34)31)21-9-5-6-10-23(21)32-28(29)36/h2-14H,16-17,31H2,1H3,(H,32,36). The van der Waals surface area contributed by atoms with Crippen LogP contribution in [0.4, 0.5) is 11.4 Å². The Morgan fingerprint density at radius 3 is 2.42 bits per heavy atom. The van der Waals surface area contributed by atoms with E-state index in [4.69, 9.17) is 5.73 Å². The van der Waals surface area contributed by atoms with Gasteiger partial charge in [0.05, 0.1) is 23.4 Å². The number of nitrogens with one attached hydrogen (secondary N) is 1. The van der Waals surface area contributed by atoms with Gasteiger partial charge in [0.1, 0.15) is 17.3 Å². The molecule has 3 aliphatic rings. The van der Waals surface area contributed by atoms with E-state index >= 15 is 0 Å². The predicted molar refractivity (Wildman–Crippen MR) is 136 cm³/mol. The number of para-hydroxylation sites is 1. The molecule has 3 heterocycles. The predicted octanol–water partition coefficient (Wildman–Crippen LogP) is 3.70. The Bertz CT molecular complexity index is 1530. The Morgan fingerprint density at radius 2 is 1.69 bits per heavy atom. The van der Waals surface area contributed by atoms with E-state index in [1.807, 2.05) is 67.6 Å². The highest BCUT2D eigenvalue weighted by atomic mass is 16.2. The summed E-state index contributed by atoms with van der Waals surface area (Å²) in [6.45, 7) is 2.61. The van der Waals surface area contributed by atoms with Crippen LogP contribution in [0, 0.1) is 18.3 Å². The molecule has 0 aliphatic carbocycles. The Kier molecular flexibility index (Phi) is 4.73. The first-order valence-electron chi connectivity index (χ1n) is 11.7. The molecule has 0 fully saturated rings. The van der Waals surface area contributed by atoms with Crippen LogP contribution in [0.5, 0.6) is 0 Å². The summed E-state index contributed by atoms with van der Waals surface area (Å²) in [6.07, 6.45) is 0. The SMILES string of the molecule is Cc1ccc(N2C(N)=C(C#N)C3(C(=O)Nc4ccccc43)C3=C2CN(Cc2ccccc2)C3=O)cc1. The van der Waals surface area contributed by atoms with Crippen molar-refractivity contribution >= 4 is 23.2 Å². The van der Waals surface area contributed by atoms with Crippen LogP contribution >= 0.6 is 0 Å². The fraction of sp³-hybridized carbons (Fsp3) is 0.138. The van der Waals surface area contributed by atoms with Gasteiger partial charge in [-0.1, -0.05) is 66.2 Å². The molecule has 0 aromatic heterocycles. The van der Waals surface area contributed by atoms with E-state index in [0.717, 1.165) is 16.8 Å². The van der Waals surface area contributed by atoms with Crippen molar-refractivity contribution in [1.82, 2.24) is 4.90 Å². The molecule has 1 atom stereocenters. The first-order valence-corrected chi connectivity index (χ1v) is 11.7. The van der Waals surface area contributed by atoms with Gasteiger partial charge in [0, 0.05) is 23.5 Å². The molecule has 3 aromatic carbocycles. The molecular formula is C29H23N5O2. The van der Waals surface area contributed by atoms with E-state index in [2.05, 4.69) is 11.4 Å². The number of hydrogen-bond acceptors (Lipinski definition) is 5. The van der Waals surface area contributed by atoms with Gasteiger partial charge >= 0.3 is 0 Å². The second kappa shape index (κ2) is 7.85. The fourth-order valence-electron chi connectivity index (χ4n) is 5.56. The number of benzene rings is 3. The van der Waals surface area contributed by atoms with Crippen molar-refractivity contribution in [2.24, 2.45) is 5.73 Å². The Hall–Kier alpha value is -4.83. The molecule has 1 spiro atoms. The van der Waals surface area contributed by atoms with Crippen molar-refractivity contribution in [1.29, 1.82) is 5.26 Å². The minimum absolute atomic E-state index is 0.0548. The third kappa shape index (κ3) is 2.85. The van der Waals surface area contributed by atoms with Crippen LogP contribution in [0.15, 0.2) is 102 Å². The van der Waals surface area contributed by atoms with Crippen LogP contribution in [-0.4, -0.2) is 23.3 Å². The van der Waals surface area contributed by atoms with Crippen molar-refractivity contribution in [3.05, 3.63) is 118 Å².